The van der Waals surface area contributed by atoms with Gasteiger partial charge in [-0.15, -0.1) is 0 Å². The highest BCUT2D eigenvalue weighted by atomic mass is 35.5. The lowest BCUT2D eigenvalue weighted by Crippen LogP contribution is -2.40. The summed E-state index contributed by atoms with van der Waals surface area (Å²) in [5.74, 6) is -0.221. The van der Waals surface area contributed by atoms with Crippen LogP contribution in [-0.2, 0) is 4.79 Å². The number of allylic oxidation sites excluding steroid dienone is 1. The number of phenolic OH excluding ortho intramolecular Hbond substituents is 1. The number of para-hydroxylation sites is 1. The minimum atomic E-state index is -0.682. The second-order valence-electron chi connectivity index (χ2n) is 8.05. The van der Waals surface area contributed by atoms with Gasteiger partial charge in [-0.05, 0) is 60.5 Å². The third-order valence-electron chi connectivity index (χ3n) is 5.65. The van der Waals surface area contributed by atoms with E-state index >= 15 is 0 Å². The molecule has 0 bridgehead atoms. The molecule has 1 atom stereocenters. The molecule has 3 aromatic carbocycles. The normalized spacial score (nSPS) is 15.5. The topological polar surface area (TPSA) is 83.7 Å². The Morgan fingerprint density at radius 2 is 1.83 bits per heavy atom. The highest BCUT2D eigenvalue weighted by Gasteiger charge is 2.32. The van der Waals surface area contributed by atoms with Crippen molar-refractivity contribution < 1.29 is 9.90 Å². The van der Waals surface area contributed by atoms with Gasteiger partial charge in [-0.2, -0.15) is 0 Å². The molecule has 0 fully saturated rings. The molecule has 6 nitrogen and oxygen atoms in total. The predicted octanol–water partition coefficient (Wildman–Crippen LogP) is 4.23. The maximum Gasteiger partial charge on any atom is 0.271 e. The summed E-state index contributed by atoms with van der Waals surface area (Å²) in [7, 11) is 0. The van der Waals surface area contributed by atoms with Crippen LogP contribution < -0.4 is 20.2 Å². The number of nitrogens with zero attached hydrogens (tertiary/aromatic N) is 2. The summed E-state index contributed by atoms with van der Waals surface area (Å²) in [5, 5.41) is 13.3. The van der Waals surface area contributed by atoms with Crippen molar-refractivity contribution >= 4 is 40.6 Å². The number of amides is 1. The SMILES string of the molecule is CC1=C(C(=O)Nc2ccccc2)[C@H](c2ccc(Cl)cc2)n2c(s/c(=C\c3cccc(O)c3)c2=O)=N1. The number of thiazole rings is 1. The van der Waals surface area contributed by atoms with Crippen LogP contribution in [-0.4, -0.2) is 15.6 Å². The summed E-state index contributed by atoms with van der Waals surface area (Å²) in [4.78, 5) is 32.2. The third kappa shape index (κ3) is 4.56. The van der Waals surface area contributed by atoms with Crippen LogP contribution in [0.25, 0.3) is 6.08 Å². The predicted molar refractivity (Wildman–Crippen MR) is 138 cm³/mol. The number of halogens is 1. The molecule has 0 aliphatic carbocycles. The van der Waals surface area contributed by atoms with Gasteiger partial charge in [0.05, 0.1) is 21.8 Å². The van der Waals surface area contributed by atoms with Gasteiger partial charge >= 0.3 is 0 Å². The molecule has 4 aromatic rings. The van der Waals surface area contributed by atoms with Gasteiger partial charge < -0.3 is 10.4 Å². The van der Waals surface area contributed by atoms with Gasteiger partial charge in [0.25, 0.3) is 11.5 Å². The number of hydrogen-bond donors (Lipinski definition) is 2. The van der Waals surface area contributed by atoms with Crippen molar-refractivity contribution in [2.24, 2.45) is 4.99 Å². The Bertz CT molecular complexity index is 1640. The fourth-order valence-corrected chi connectivity index (χ4v) is 5.23. The second kappa shape index (κ2) is 9.37. The lowest BCUT2D eigenvalue weighted by molar-refractivity contribution is -0.113. The van der Waals surface area contributed by atoms with Crippen molar-refractivity contribution in [3.63, 3.8) is 0 Å². The lowest BCUT2D eigenvalue weighted by Gasteiger charge is -2.25. The number of phenols is 1. The molecule has 0 saturated heterocycles. The standard InChI is InChI=1S/C27H20ClN3O3S/c1-16-23(25(33)30-20-7-3-2-4-8-20)24(18-10-12-19(28)13-11-18)31-26(34)22(35-27(31)29-16)15-17-6-5-9-21(32)14-17/h2-15,24,32H,1H3,(H,30,33)/b22-15-/t24-/m0/s1. The van der Waals surface area contributed by atoms with Crippen LogP contribution in [0.2, 0.25) is 5.02 Å². The van der Waals surface area contributed by atoms with E-state index in [0.29, 0.717) is 36.9 Å². The Morgan fingerprint density at radius 1 is 1.09 bits per heavy atom. The lowest BCUT2D eigenvalue weighted by atomic mass is 9.95. The van der Waals surface area contributed by atoms with Gasteiger partial charge in [0.15, 0.2) is 4.80 Å². The van der Waals surface area contributed by atoms with E-state index in [1.165, 1.54) is 11.3 Å². The third-order valence-corrected chi connectivity index (χ3v) is 6.89. The first-order chi connectivity index (χ1) is 16.9. The molecule has 174 valence electrons. The Morgan fingerprint density at radius 3 is 2.54 bits per heavy atom. The molecule has 8 heteroatoms. The van der Waals surface area contributed by atoms with Crippen molar-refractivity contribution in [2.45, 2.75) is 13.0 Å². The second-order valence-corrected chi connectivity index (χ2v) is 9.49. The molecule has 2 N–H and O–H groups in total. The number of carbonyl (C=O) groups excluding carboxylic acids is 1. The summed E-state index contributed by atoms with van der Waals surface area (Å²) in [6.45, 7) is 1.77. The fraction of sp³-hybridized carbons (Fsp3) is 0.0741. The number of hydrogen-bond acceptors (Lipinski definition) is 5. The number of nitrogens with one attached hydrogen (secondary N) is 1. The molecule has 1 aliphatic heterocycles. The van der Waals surface area contributed by atoms with Gasteiger partial charge in [-0.3, -0.25) is 14.2 Å². The Labute approximate surface area is 209 Å². The highest BCUT2D eigenvalue weighted by Crippen LogP contribution is 2.31. The van der Waals surface area contributed by atoms with Crippen LogP contribution in [0, 0.1) is 0 Å². The van der Waals surface area contributed by atoms with Crippen LogP contribution >= 0.6 is 22.9 Å². The minimum Gasteiger partial charge on any atom is -0.508 e. The molecule has 0 saturated carbocycles. The molecule has 0 unspecified atom stereocenters. The van der Waals surface area contributed by atoms with Crippen LogP contribution in [0.15, 0.2) is 99.9 Å². The number of anilines is 1. The number of rotatable bonds is 4. The maximum atomic E-state index is 13.6. The first-order valence-corrected chi connectivity index (χ1v) is 12.0. The molecule has 5 rings (SSSR count). The molecule has 0 radical (unpaired) electrons. The zero-order chi connectivity index (χ0) is 24.5. The first-order valence-electron chi connectivity index (χ1n) is 10.8. The van der Waals surface area contributed by atoms with E-state index in [1.54, 1.807) is 66.1 Å². The van der Waals surface area contributed by atoms with E-state index in [-0.39, 0.29) is 17.2 Å². The summed E-state index contributed by atoms with van der Waals surface area (Å²) in [6, 6.07) is 22.2. The number of fused-ring (bicyclic) bond motifs is 1. The molecular formula is C27H20ClN3O3S. The smallest absolute Gasteiger partial charge is 0.271 e. The van der Waals surface area contributed by atoms with E-state index in [4.69, 9.17) is 11.6 Å². The quantitative estimate of drug-likeness (QED) is 0.439. The van der Waals surface area contributed by atoms with Crippen molar-refractivity contribution in [2.75, 3.05) is 5.32 Å². The number of carbonyl (C=O) groups is 1. The van der Waals surface area contributed by atoms with Gasteiger partial charge in [-0.25, -0.2) is 4.99 Å². The zero-order valence-corrected chi connectivity index (χ0v) is 20.2. The molecule has 1 aliphatic rings. The van der Waals surface area contributed by atoms with E-state index < -0.39 is 6.04 Å². The van der Waals surface area contributed by atoms with Gasteiger partial charge in [0.2, 0.25) is 0 Å². The zero-order valence-electron chi connectivity index (χ0n) is 18.6. The van der Waals surface area contributed by atoms with E-state index in [9.17, 15) is 14.7 Å². The molecule has 2 heterocycles. The van der Waals surface area contributed by atoms with Crippen LogP contribution in [0.3, 0.4) is 0 Å². The molecule has 35 heavy (non-hydrogen) atoms. The number of aromatic nitrogens is 1. The minimum absolute atomic E-state index is 0.112. The molecule has 0 spiro atoms. The number of benzene rings is 3. The van der Waals surface area contributed by atoms with Gasteiger partial charge in [0, 0.05) is 10.7 Å². The van der Waals surface area contributed by atoms with Crippen molar-refractivity contribution in [1.82, 2.24) is 4.57 Å². The van der Waals surface area contributed by atoms with Crippen LogP contribution in [0.5, 0.6) is 5.75 Å². The average molecular weight is 502 g/mol. The van der Waals surface area contributed by atoms with E-state index in [0.717, 1.165) is 5.56 Å². The highest BCUT2D eigenvalue weighted by molar-refractivity contribution is 7.07. The fourth-order valence-electron chi connectivity index (χ4n) is 4.06. The van der Waals surface area contributed by atoms with Crippen molar-refractivity contribution in [3.8, 4) is 5.75 Å². The van der Waals surface area contributed by atoms with Gasteiger partial charge in [0.1, 0.15) is 5.75 Å². The van der Waals surface area contributed by atoms with E-state index in [1.807, 2.05) is 30.3 Å². The maximum absolute atomic E-state index is 13.6. The monoisotopic (exact) mass is 501 g/mol. The molecule has 1 aromatic heterocycles. The van der Waals surface area contributed by atoms with Crippen LogP contribution in [0.1, 0.15) is 24.1 Å². The first kappa shape index (κ1) is 22.8. The van der Waals surface area contributed by atoms with Crippen molar-refractivity contribution in [1.29, 1.82) is 0 Å². The summed E-state index contributed by atoms with van der Waals surface area (Å²) in [6.07, 6.45) is 1.71. The van der Waals surface area contributed by atoms with Crippen molar-refractivity contribution in [3.05, 3.63) is 126 Å². The Hall–Kier alpha value is -3.94. The average Bonchev–Trinajstić information content (AvgIpc) is 3.13. The molecular weight excluding hydrogens is 482 g/mol. The number of aromatic hydroxyl groups is 1. The Kier molecular flexibility index (Phi) is 6.11. The summed E-state index contributed by atoms with van der Waals surface area (Å²) in [5.41, 5.74) is 2.72. The largest absolute Gasteiger partial charge is 0.508 e. The summed E-state index contributed by atoms with van der Waals surface area (Å²) < 4.78 is 2.00. The van der Waals surface area contributed by atoms with Gasteiger partial charge in [-0.1, -0.05) is 65.4 Å². The summed E-state index contributed by atoms with van der Waals surface area (Å²) >= 11 is 7.36. The van der Waals surface area contributed by atoms with Crippen LogP contribution in [0.4, 0.5) is 5.69 Å². The Balaban J connectivity index is 1.68. The molecule has 1 amide bonds. The van der Waals surface area contributed by atoms with E-state index in [2.05, 4.69) is 10.3 Å².